The van der Waals surface area contributed by atoms with Gasteiger partial charge in [-0.1, -0.05) is 35.3 Å². The molecule has 0 spiro atoms. The van der Waals surface area contributed by atoms with Crippen LogP contribution in [0.25, 0.3) is 0 Å². The van der Waals surface area contributed by atoms with Crippen molar-refractivity contribution in [3.05, 3.63) is 63.6 Å². The number of ether oxygens (including phenoxy) is 1. The van der Waals surface area contributed by atoms with Crippen molar-refractivity contribution in [2.45, 2.75) is 25.9 Å². The van der Waals surface area contributed by atoms with Gasteiger partial charge in [0.05, 0.1) is 18.1 Å². The van der Waals surface area contributed by atoms with Gasteiger partial charge in [0.2, 0.25) is 0 Å². The van der Waals surface area contributed by atoms with E-state index in [4.69, 9.17) is 27.9 Å². The Balaban J connectivity index is 1.93. The minimum absolute atomic E-state index is 0.0465. The molecule has 1 atom stereocenters. The number of rotatable bonds is 6. The summed E-state index contributed by atoms with van der Waals surface area (Å²) in [5.74, 6) is 0.371. The topological polar surface area (TPSA) is 63.7 Å². The van der Waals surface area contributed by atoms with E-state index < -0.39 is 15.9 Å². The molecule has 0 radical (unpaired) electrons. The van der Waals surface area contributed by atoms with Gasteiger partial charge in [0.25, 0.3) is 5.91 Å². The number of benzene rings is 2. The molecule has 8 heteroatoms. The van der Waals surface area contributed by atoms with Gasteiger partial charge in [0.1, 0.15) is 5.75 Å². The first-order valence-corrected chi connectivity index (χ1v) is 11.5. The Bertz CT molecular complexity index is 978. The fourth-order valence-electron chi connectivity index (χ4n) is 3.27. The lowest BCUT2D eigenvalue weighted by Crippen LogP contribution is -2.40. The second-order valence-corrected chi connectivity index (χ2v) is 9.76. The minimum atomic E-state index is -3.15. The zero-order valence-electron chi connectivity index (χ0n) is 15.4. The van der Waals surface area contributed by atoms with Crippen LogP contribution in [0.2, 0.25) is 10.0 Å². The summed E-state index contributed by atoms with van der Waals surface area (Å²) in [6.45, 7) is 2.56. The predicted octanol–water partition coefficient (Wildman–Crippen LogP) is 4.22. The summed E-state index contributed by atoms with van der Waals surface area (Å²) < 4.78 is 29.5. The molecule has 0 bridgehead atoms. The lowest BCUT2D eigenvalue weighted by atomic mass is 10.1. The van der Waals surface area contributed by atoms with E-state index in [1.807, 2.05) is 6.92 Å². The normalized spacial score (nSPS) is 18.0. The van der Waals surface area contributed by atoms with Crippen molar-refractivity contribution in [2.75, 3.05) is 18.1 Å². The number of halogens is 2. The lowest BCUT2D eigenvalue weighted by Gasteiger charge is -2.29. The van der Waals surface area contributed by atoms with Crippen molar-refractivity contribution in [3.8, 4) is 5.75 Å². The molecule has 3 rings (SSSR count). The number of carbonyl (C=O) groups is 1. The lowest BCUT2D eigenvalue weighted by molar-refractivity contribution is 0.0680. The Morgan fingerprint density at radius 1 is 1.21 bits per heavy atom. The summed E-state index contributed by atoms with van der Waals surface area (Å²) in [5.41, 5.74) is 1.16. The van der Waals surface area contributed by atoms with Gasteiger partial charge in [-0.2, -0.15) is 0 Å². The summed E-state index contributed by atoms with van der Waals surface area (Å²) in [4.78, 5) is 14.9. The maximum atomic E-state index is 13.3. The first kappa shape index (κ1) is 21.0. The molecule has 0 aliphatic carbocycles. The number of hydrogen-bond acceptors (Lipinski definition) is 4. The van der Waals surface area contributed by atoms with E-state index in [1.54, 1.807) is 47.4 Å². The zero-order chi connectivity index (χ0) is 20.3. The van der Waals surface area contributed by atoms with E-state index in [2.05, 4.69) is 0 Å². The van der Waals surface area contributed by atoms with Crippen LogP contribution in [0.3, 0.4) is 0 Å². The van der Waals surface area contributed by atoms with Crippen molar-refractivity contribution >= 4 is 38.9 Å². The molecule has 28 heavy (non-hydrogen) atoms. The summed E-state index contributed by atoms with van der Waals surface area (Å²) in [6.07, 6.45) is 0.407. The fourth-order valence-corrected chi connectivity index (χ4v) is 5.47. The van der Waals surface area contributed by atoms with Gasteiger partial charge in [-0.05, 0) is 49.2 Å². The van der Waals surface area contributed by atoms with Crippen LogP contribution in [0.4, 0.5) is 0 Å². The van der Waals surface area contributed by atoms with E-state index >= 15 is 0 Å². The first-order valence-electron chi connectivity index (χ1n) is 8.97. The van der Waals surface area contributed by atoms with Crippen LogP contribution in [0.5, 0.6) is 5.75 Å². The van der Waals surface area contributed by atoms with E-state index in [-0.39, 0.29) is 24.0 Å². The number of amides is 1. The SMILES string of the molecule is CCOc1cccc(C(=O)N(Cc2ccc(Cl)cc2Cl)[C@@H]2CCS(=O)(=O)C2)c1. The summed E-state index contributed by atoms with van der Waals surface area (Å²) in [5, 5.41) is 0.939. The Hall–Kier alpha value is -1.76. The molecular formula is C20H21Cl2NO4S. The summed E-state index contributed by atoms with van der Waals surface area (Å²) in [7, 11) is -3.15. The zero-order valence-corrected chi connectivity index (χ0v) is 17.7. The van der Waals surface area contributed by atoms with Gasteiger partial charge in [-0.15, -0.1) is 0 Å². The number of carbonyl (C=O) groups excluding carboxylic acids is 1. The molecule has 0 aromatic heterocycles. The van der Waals surface area contributed by atoms with Crippen LogP contribution in [0, 0.1) is 0 Å². The van der Waals surface area contributed by atoms with Crippen molar-refractivity contribution in [1.29, 1.82) is 0 Å². The minimum Gasteiger partial charge on any atom is -0.494 e. The average Bonchev–Trinajstić information content (AvgIpc) is 3.01. The second kappa shape index (κ2) is 8.72. The van der Waals surface area contributed by atoms with Crippen molar-refractivity contribution in [1.82, 2.24) is 4.90 Å². The van der Waals surface area contributed by atoms with E-state index in [9.17, 15) is 13.2 Å². The van der Waals surface area contributed by atoms with Gasteiger partial charge in [-0.3, -0.25) is 4.79 Å². The fraction of sp³-hybridized carbons (Fsp3) is 0.350. The van der Waals surface area contributed by atoms with Crippen LogP contribution in [-0.2, 0) is 16.4 Å². The summed E-state index contributed by atoms with van der Waals surface area (Å²) in [6, 6.07) is 11.6. The molecule has 0 N–H and O–H groups in total. The van der Waals surface area contributed by atoms with Crippen LogP contribution < -0.4 is 4.74 Å². The molecule has 1 fully saturated rings. The molecule has 1 heterocycles. The maximum absolute atomic E-state index is 13.3. The van der Waals surface area contributed by atoms with Crippen molar-refractivity contribution < 1.29 is 17.9 Å². The molecule has 2 aromatic rings. The molecule has 1 aliphatic heterocycles. The first-order chi connectivity index (χ1) is 13.3. The molecular weight excluding hydrogens is 421 g/mol. The largest absolute Gasteiger partial charge is 0.494 e. The third-order valence-electron chi connectivity index (χ3n) is 4.66. The van der Waals surface area contributed by atoms with E-state index in [1.165, 1.54) is 0 Å². The monoisotopic (exact) mass is 441 g/mol. The van der Waals surface area contributed by atoms with Gasteiger partial charge in [0.15, 0.2) is 9.84 Å². The summed E-state index contributed by atoms with van der Waals surface area (Å²) >= 11 is 12.3. The number of nitrogens with zero attached hydrogens (tertiary/aromatic N) is 1. The third kappa shape index (κ3) is 4.99. The molecule has 0 unspecified atom stereocenters. The van der Waals surface area contributed by atoms with Crippen LogP contribution in [0.1, 0.15) is 29.3 Å². The quantitative estimate of drug-likeness (QED) is 0.672. The Morgan fingerprint density at radius 3 is 2.64 bits per heavy atom. The molecule has 1 saturated heterocycles. The van der Waals surface area contributed by atoms with Crippen LogP contribution in [-0.4, -0.2) is 43.4 Å². The smallest absolute Gasteiger partial charge is 0.254 e. The highest BCUT2D eigenvalue weighted by atomic mass is 35.5. The third-order valence-corrected chi connectivity index (χ3v) is 7.00. The Morgan fingerprint density at radius 2 is 2.00 bits per heavy atom. The molecule has 1 amide bonds. The molecule has 0 saturated carbocycles. The predicted molar refractivity (Wildman–Crippen MR) is 111 cm³/mol. The van der Waals surface area contributed by atoms with Gasteiger partial charge in [0, 0.05) is 28.2 Å². The maximum Gasteiger partial charge on any atom is 0.254 e. The Labute approximate surface area is 175 Å². The van der Waals surface area contributed by atoms with Crippen LogP contribution >= 0.6 is 23.2 Å². The number of sulfone groups is 1. The van der Waals surface area contributed by atoms with Crippen molar-refractivity contribution in [3.63, 3.8) is 0 Å². The molecule has 5 nitrogen and oxygen atoms in total. The standard InChI is InChI=1S/C20H21Cl2NO4S/c1-2-27-18-5-3-4-14(10-18)20(24)23(17-8-9-28(25,26)13-17)12-15-6-7-16(21)11-19(15)22/h3-7,10-11,17H,2,8-9,12-13H2,1H3/t17-/m1/s1. The average molecular weight is 442 g/mol. The second-order valence-electron chi connectivity index (χ2n) is 6.69. The molecule has 150 valence electrons. The van der Waals surface area contributed by atoms with E-state index in [0.29, 0.717) is 39.9 Å². The highest BCUT2D eigenvalue weighted by molar-refractivity contribution is 7.91. The molecule has 2 aromatic carbocycles. The number of hydrogen-bond donors (Lipinski definition) is 0. The van der Waals surface area contributed by atoms with Gasteiger partial charge < -0.3 is 9.64 Å². The Kier molecular flexibility index (Phi) is 6.53. The van der Waals surface area contributed by atoms with Gasteiger partial charge >= 0.3 is 0 Å². The molecule has 1 aliphatic rings. The highest BCUT2D eigenvalue weighted by Crippen LogP contribution is 2.27. The van der Waals surface area contributed by atoms with Crippen molar-refractivity contribution in [2.24, 2.45) is 0 Å². The van der Waals surface area contributed by atoms with Gasteiger partial charge in [-0.25, -0.2) is 8.42 Å². The highest BCUT2D eigenvalue weighted by Gasteiger charge is 2.35. The van der Waals surface area contributed by atoms with E-state index in [0.717, 1.165) is 0 Å². The van der Waals surface area contributed by atoms with Crippen LogP contribution in [0.15, 0.2) is 42.5 Å².